The smallest absolute Gasteiger partial charge is 0.0194 e. The highest BCUT2D eigenvalue weighted by Crippen LogP contribution is 2.27. The van der Waals surface area contributed by atoms with E-state index in [0.717, 1.165) is 6.04 Å². The van der Waals surface area contributed by atoms with Crippen molar-refractivity contribution in [1.29, 1.82) is 0 Å². The van der Waals surface area contributed by atoms with Crippen molar-refractivity contribution >= 4 is 0 Å². The van der Waals surface area contributed by atoms with E-state index < -0.39 is 0 Å². The molecule has 1 saturated carbocycles. The second-order valence-electron chi connectivity index (χ2n) is 5.63. The Morgan fingerprint density at radius 1 is 1.38 bits per heavy atom. The summed E-state index contributed by atoms with van der Waals surface area (Å²) < 4.78 is 0. The molecule has 1 saturated heterocycles. The lowest BCUT2D eigenvalue weighted by Gasteiger charge is -2.36. The van der Waals surface area contributed by atoms with Crippen LogP contribution >= 0.6 is 0 Å². The SMILES string of the molecule is CNC1CCCN(CC(C)N(C)C2CC2)C1. The van der Waals surface area contributed by atoms with E-state index in [1.54, 1.807) is 0 Å². The van der Waals surface area contributed by atoms with Gasteiger partial charge in [0.15, 0.2) is 0 Å². The Hall–Kier alpha value is -0.120. The minimum atomic E-state index is 0.711. The number of hydrogen-bond donors (Lipinski definition) is 1. The summed E-state index contributed by atoms with van der Waals surface area (Å²) in [5.74, 6) is 0. The summed E-state index contributed by atoms with van der Waals surface area (Å²) in [4.78, 5) is 5.21. The molecule has 1 heterocycles. The molecule has 0 radical (unpaired) electrons. The summed E-state index contributed by atoms with van der Waals surface area (Å²) in [5.41, 5.74) is 0. The quantitative estimate of drug-likeness (QED) is 0.757. The maximum atomic E-state index is 3.42. The molecule has 2 fully saturated rings. The van der Waals surface area contributed by atoms with Crippen molar-refractivity contribution in [3.63, 3.8) is 0 Å². The van der Waals surface area contributed by atoms with Crippen molar-refractivity contribution in [2.45, 2.75) is 50.7 Å². The molecule has 3 heteroatoms. The number of nitrogens with one attached hydrogen (secondary N) is 1. The van der Waals surface area contributed by atoms with Crippen LogP contribution in [0.15, 0.2) is 0 Å². The molecule has 0 spiro atoms. The van der Waals surface area contributed by atoms with Crippen LogP contribution in [0, 0.1) is 0 Å². The van der Waals surface area contributed by atoms with Gasteiger partial charge in [0.25, 0.3) is 0 Å². The fraction of sp³-hybridized carbons (Fsp3) is 1.00. The van der Waals surface area contributed by atoms with E-state index in [9.17, 15) is 0 Å². The minimum absolute atomic E-state index is 0.711. The van der Waals surface area contributed by atoms with Crippen molar-refractivity contribution < 1.29 is 0 Å². The van der Waals surface area contributed by atoms with Crippen LogP contribution in [0.3, 0.4) is 0 Å². The van der Waals surface area contributed by atoms with Gasteiger partial charge in [-0.1, -0.05) is 0 Å². The monoisotopic (exact) mass is 225 g/mol. The fourth-order valence-electron chi connectivity index (χ4n) is 2.80. The van der Waals surface area contributed by atoms with Crippen LogP contribution in [0.5, 0.6) is 0 Å². The van der Waals surface area contributed by atoms with Gasteiger partial charge in [0.05, 0.1) is 0 Å². The second kappa shape index (κ2) is 5.48. The average molecular weight is 225 g/mol. The predicted octanol–water partition coefficient (Wildman–Crippen LogP) is 1.15. The zero-order chi connectivity index (χ0) is 11.5. The highest BCUT2D eigenvalue weighted by Gasteiger charge is 2.30. The number of likely N-dealkylation sites (N-methyl/N-ethyl adjacent to an activating group) is 2. The maximum Gasteiger partial charge on any atom is 0.0194 e. The maximum absolute atomic E-state index is 3.42. The Morgan fingerprint density at radius 3 is 2.75 bits per heavy atom. The van der Waals surface area contributed by atoms with Gasteiger partial charge in [-0.05, 0) is 53.2 Å². The lowest BCUT2D eigenvalue weighted by Crippen LogP contribution is -2.49. The molecule has 0 aromatic rings. The van der Waals surface area contributed by atoms with Crippen molar-refractivity contribution in [3.8, 4) is 0 Å². The molecule has 1 N–H and O–H groups in total. The third-order valence-corrected chi connectivity index (χ3v) is 4.25. The standard InChI is InChI=1S/C13H27N3/c1-11(15(3)13-6-7-13)9-16-8-4-5-12(10-16)14-2/h11-14H,4-10H2,1-3H3. The van der Waals surface area contributed by atoms with Gasteiger partial charge in [-0.2, -0.15) is 0 Å². The van der Waals surface area contributed by atoms with Crippen LogP contribution in [0.1, 0.15) is 32.6 Å². The predicted molar refractivity (Wildman–Crippen MR) is 68.8 cm³/mol. The van der Waals surface area contributed by atoms with Gasteiger partial charge >= 0.3 is 0 Å². The molecule has 2 rings (SSSR count). The van der Waals surface area contributed by atoms with Gasteiger partial charge < -0.3 is 10.2 Å². The van der Waals surface area contributed by atoms with E-state index in [1.165, 1.54) is 45.3 Å². The first-order valence-electron chi connectivity index (χ1n) is 6.82. The van der Waals surface area contributed by atoms with Crippen molar-refractivity contribution in [2.75, 3.05) is 33.7 Å². The van der Waals surface area contributed by atoms with Crippen LogP contribution in [-0.2, 0) is 0 Å². The molecule has 0 aromatic heterocycles. The molecule has 2 atom stereocenters. The molecule has 94 valence electrons. The van der Waals surface area contributed by atoms with Crippen molar-refractivity contribution in [2.24, 2.45) is 0 Å². The Bertz CT molecular complexity index is 215. The normalized spacial score (nSPS) is 29.6. The number of hydrogen-bond acceptors (Lipinski definition) is 3. The van der Waals surface area contributed by atoms with Gasteiger partial charge in [0, 0.05) is 31.2 Å². The number of nitrogens with zero attached hydrogens (tertiary/aromatic N) is 2. The minimum Gasteiger partial charge on any atom is -0.316 e. The highest BCUT2D eigenvalue weighted by atomic mass is 15.2. The van der Waals surface area contributed by atoms with Crippen molar-refractivity contribution in [1.82, 2.24) is 15.1 Å². The highest BCUT2D eigenvalue weighted by molar-refractivity contribution is 4.87. The molecule has 3 nitrogen and oxygen atoms in total. The first kappa shape index (κ1) is 12.3. The first-order chi connectivity index (χ1) is 7.70. The van der Waals surface area contributed by atoms with Gasteiger partial charge in [-0.25, -0.2) is 0 Å². The number of likely N-dealkylation sites (tertiary alicyclic amines) is 1. The fourth-order valence-corrected chi connectivity index (χ4v) is 2.80. The molecule has 0 amide bonds. The summed E-state index contributed by atoms with van der Waals surface area (Å²) >= 11 is 0. The topological polar surface area (TPSA) is 18.5 Å². The molecular formula is C13H27N3. The zero-order valence-corrected chi connectivity index (χ0v) is 11.1. The Kier molecular flexibility index (Phi) is 4.22. The molecule has 0 bridgehead atoms. The molecule has 2 aliphatic rings. The molecular weight excluding hydrogens is 198 g/mol. The third kappa shape index (κ3) is 3.19. The van der Waals surface area contributed by atoms with Crippen LogP contribution in [0.25, 0.3) is 0 Å². The lowest BCUT2D eigenvalue weighted by molar-refractivity contribution is 0.134. The largest absolute Gasteiger partial charge is 0.316 e. The second-order valence-corrected chi connectivity index (χ2v) is 5.63. The molecule has 0 aromatic carbocycles. The van der Waals surface area contributed by atoms with Gasteiger partial charge in [0.2, 0.25) is 0 Å². The molecule has 2 unspecified atom stereocenters. The summed E-state index contributed by atoms with van der Waals surface area (Å²) in [6.45, 7) is 6.15. The van der Waals surface area contributed by atoms with Crippen LogP contribution in [0.4, 0.5) is 0 Å². The Balaban J connectivity index is 1.74. The average Bonchev–Trinajstić information content (AvgIpc) is 3.12. The van der Waals surface area contributed by atoms with Crippen LogP contribution in [-0.4, -0.2) is 61.7 Å². The number of rotatable bonds is 5. The summed E-state index contributed by atoms with van der Waals surface area (Å²) in [7, 11) is 4.38. The number of piperidine rings is 1. The van der Waals surface area contributed by atoms with Crippen molar-refractivity contribution in [3.05, 3.63) is 0 Å². The van der Waals surface area contributed by atoms with Crippen LogP contribution < -0.4 is 5.32 Å². The lowest BCUT2D eigenvalue weighted by atomic mass is 10.1. The Morgan fingerprint density at radius 2 is 2.12 bits per heavy atom. The summed E-state index contributed by atoms with van der Waals surface area (Å²) in [5, 5.41) is 3.42. The molecule has 1 aliphatic carbocycles. The van der Waals surface area contributed by atoms with E-state index in [-0.39, 0.29) is 0 Å². The van der Waals surface area contributed by atoms with E-state index in [1.807, 2.05) is 0 Å². The van der Waals surface area contributed by atoms with E-state index >= 15 is 0 Å². The molecule has 1 aliphatic heterocycles. The summed E-state index contributed by atoms with van der Waals surface area (Å²) in [6.07, 6.45) is 5.53. The Labute approximate surface area is 100 Å². The summed E-state index contributed by atoms with van der Waals surface area (Å²) in [6, 6.07) is 2.31. The van der Waals surface area contributed by atoms with Gasteiger partial charge in [-0.3, -0.25) is 4.90 Å². The third-order valence-electron chi connectivity index (χ3n) is 4.25. The van der Waals surface area contributed by atoms with E-state index in [0.29, 0.717) is 12.1 Å². The van der Waals surface area contributed by atoms with E-state index in [2.05, 4.69) is 36.1 Å². The first-order valence-corrected chi connectivity index (χ1v) is 6.82. The molecule has 16 heavy (non-hydrogen) atoms. The van der Waals surface area contributed by atoms with E-state index in [4.69, 9.17) is 0 Å². The zero-order valence-electron chi connectivity index (χ0n) is 11.1. The van der Waals surface area contributed by atoms with Gasteiger partial charge in [0.1, 0.15) is 0 Å². The van der Waals surface area contributed by atoms with Crippen LogP contribution in [0.2, 0.25) is 0 Å². The van der Waals surface area contributed by atoms with Gasteiger partial charge in [-0.15, -0.1) is 0 Å².